The van der Waals surface area contributed by atoms with E-state index in [-0.39, 0.29) is 30.0 Å². The number of anilines is 3. The Bertz CT molecular complexity index is 985. The number of benzene rings is 1. The molecule has 9 heteroatoms. The summed E-state index contributed by atoms with van der Waals surface area (Å²) in [4.78, 5) is 33.4. The first-order valence-corrected chi connectivity index (χ1v) is 11.8. The number of nitrogens with zero attached hydrogens (tertiary/aromatic N) is 6. The van der Waals surface area contributed by atoms with Gasteiger partial charge < -0.3 is 19.6 Å². The number of piperidine rings is 1. The van der Waals surface area contributed by atoms with E-state index in [1.165, 1.54) is 31.4 Å². The molecule has 4 heterocycles. The quantitative estimate of drug-likeness (QED) is 0.709. The SMILES string of the molecule is O=C(C1CC(=O)N(c2ccc(F)cc2)C1)N1CCN(c2ccc(N3CCCCC3)nn2)CC1. The lowest BCUT2D eigenvalue weighted by Gasteiger charge is -2.36. The van der Waals surface area contributed by atoms with Crippen LogP contribution >= 0.6 is 0 Å². The molecule has 3 saturated heterocycles. The third kappa shape index (κ3) is 4.62. The molecule has 0 saturated carbocycles. The standard InChI is InChI=1S/C24H29FN6O2/c25-19-4-6-20(7-5-19)31-17-18(16-23(31)32)24(33)30-14-12-29(13-15-30)22-9-8-21(26-27-22)28-10-2-1-3-11-28/h4-9,18H,1-3,10-17H2. The predicted molar refractivity (Wildman–Crippen MR) is 124 cm³/mol. The molecule has 3 fully saturated rings. The van der Waals surface area contributed by atoms with Gasteiger partial charge in [-0.05, 0) is 55.7 Å². The first-order chi connectivity index (χ1) is 16.1. The topological polar surface area (TPSA) is 72.9 Å². The number of carbonyl (C=O) groups excluding carboxylic acids is 2. The maximum absolute atomic E-state index is 13.2. The van der Waals surface area contributed by atoms with Crippen LogP contribution in [0.2, 0.25) is 0 Å². The van der Waals surface area contributed by atoms with Crippen LogP contribution in [0, 0.1) is 11.7 Å². The molecule has 2 aromatic rings. The first-order valence-electron chi connectivity index (χ1n) is 11.8. The minimum atomic E-state index is -0.363. The summed E-state index contributed by atoms with van der Waals surface area (Å²) in [5.74, 6) is 0.978. The summed E-state index contributed by atoms with van der Waals surface area (Å²) >= 11 is 0. The molecule has 1 aromatic heterocycles. The van der Waals surface area contributed by atoms with Crippen molar-refractivity contribution in [3.63, 3.8) is 0 Å². The summed E-state index contributed by atoms with van der Waals surface area (Å²) in [6.45, 7) is 4.98. The Morgan fingerprint density at radius 1 is 0.818 bits per heavy atom. The van der Waals surface area contributed by atoms with E-state index in [0.717, 1.165) is 24.7 Å². The lowest BCUT2D eigenvalue weighted by atomic mass is 10.1. The highest BCUT2D eigenvalue weighted by atomic mass is 19.1. The van der Waals surface area contributed by atoms with Crippen molar-refractivity contribution in [1.29, 1.82) is 0 Å². The number of carbonyl (C=O) groups is 2. The van der Waals surface area contributed by atoms with Crippen LogP contribution in [0.15, 0.2) is 36.4 Å². The maximum Gasteiger partial charge on any atom is 0.228 e. The predicted octanol–water partition coefficient (Wildman–Crippen LogP) is 2.31. The summed E-state index contributed by atoms with van der Waals surface area (Å²) in [7, 11) is 0. The fraction of sp³-hybridized carbons (Fsp3) is 0.500. The summed E-state index contributed by atoms with van der Waals surface area (Å²) in [5, 5.41) is 8.87. The van der Waals surface area contributed by atoms with Crippen molar-refractivity contribution in [2.24, 2.45) is 5.92 Å². The van der Waals surface area contributed by atoms with Gasteiger partial charge in [-0.25, -0.2) is 4.39 Å². The fourth-order valence-corrected chi connectivity index (χ4v) is 4.94. The van der Waals surface area contributed by atoms with Gasteiger partial charge in [0.25, 0.3) is 0 Å². The third-order valence-electron chi connectivity index (χ3n) is 6.84. The summed E-state index contributed by atoms with van der Waals surface area (Å²) in [5.41, 5.74) is 0.632. The van der Waals surface area contributed by atoms with Gasteiger partial charge in [0.15, 0.2) is 11.6 Å². The van der Waals surface area contributed by atoms with Crippen LogP contribution in [0.1, 0.15) is 25.7 Å². The second-order valence-electron chi connectivity index (χ2n) is 8.99. The summed E-state index contributed by atoms with van der Waals surface area (Å²) in [6.07, 6.45) is 3.88. The van der Waals surface area contributed by atoms with Crippen molar-refractivity contribution in [3.05, 3.63) is 42.2 Å². The van der Waals surface area contributed by atoms with Crippen LogP contribution in [0.5, 0.6) is 0 Å². The lowest BCUT2D eigenvalue weighted by Crippen LogP contribution is -2.51. The Morgan fingerprint density at radius 2 is 1.42 bits per heavy atom. The van der Waals surface area contributed by atoms with Crippen molar-refractivity contribution >= 4 is 29.1 Å². The molecule has 2 amide bonds. The molecule has 3 aliphatic rings. The smallest absolute Gasteiger partial charge is 0.228 e. The molecule has 0 aliphatic carbocycles. The zero-order chi connectivity index (χ0) is 22.8. The zero-order valence-corrected chi connectivity index (χ0v) is 18.7. The van der Waals surface area contributed by atoms with Crippen LogP contribution in [-0.2, 0) is 9.59 Å². The number of amides is 2. The number of halogens is 1. The van der Waals surface area contributed by atoms with Gasteiger partial charge in [0.05, 0.1) is 5.92 Å². The maximum atomic E-state index is 13.2. The van der Waals surface area contributed by atoms with Gasteiger partial charge in [-0.3, -0.25) is 9.59 Å². The van der Waals surface area contributed by atoms with Crippen LogP contribution in [0.3, 0.4) is 0 Å². The van der Waals surface area contributed by atoms with Gasteiger partial charge in [0, 0.05) is 57.9 Å². The van der Waals surface area contributed by atoms with Crippen molar-refractivity contribution < 1.29 is 14.0 Å². The molecule has 0 N–H and O–H groups in total. The Kier molecular flexibility index (Phi) is 6.11. The van der Waals surface area contributed by atoms with Crippen molar-refractivity contribution in [2.45, 2.75) is 25.7 Å². The van der Waals surface area contributed by atoms with Crippen molar-refractivity contribution in [2.75, 3.05) is 60.5 Å². The molecule has 33 heavy (non-hydrogen) atoms. The lowest BCUT2D eigenvalue weighted by molar-refractivity contribution is -0.136. The molecule has 1 aromatic carbocycles. The van der Waals surface area contributed by atoms with E-state index in [1.807, 2.05) is 17.0 Å². The van der Waals surface area contributed by atoms with Crippen LogP contribution in [0.4, 0.5) is 21.7 Å². The molecule has 3 aliphatic heterocycles. The Labute approximate surface area is 193 Å². The van der Waals surface area contributed by atoms with Crippen LogP contribution in [-0.4, -0.2) is 72.7 Å². The van der Waals surface area contributed by atoms with Gasteiger partial charge in [-0.15, -0.1) is 10.2 Å². The largest absolute Gasteiger partial charge is 0.355 e. The number of rotatable bonds is 4. The molecule has 0 bridgehead atoms. The number of hydrogen-bond acceptors (Lipinski definition) is 6. The fourth-order valence-electron chi connectivity index (χ4n) is 4.94. The van der Waals surface area contributed by atoms with Gasteiger partial charge in [-0.1, -0.05) is 0 Å². The Morgan fingerprint density at radius 3 is 2.03 bits per heavy atom. The second kappa shape index (κ2) is 9.33. The van der Waals surface area contributed by atoms with Crippen LogP contribution < -0.4 is 14.7 Å². The number of aromatic nitrogens is 2. The van der Waals surface area contributed by atoms with E-state index in [0.29, 0.717) is 38.4 Å². The monoisotopic (exact) mass is 452 g/mol. The number of hydrogen-bond donors (Lipinski definition) is 0. The van der Waals surface area contributed by atoms with E-state index in [4.69, 9.17) is 0 Å². The molecule has 1 unspecified atom stereocenters. The van der Waals surface area contributed by atoms with Crippen molar-refractivity contribution in [1.82, 2.24) is 15.1 Å². The number of piperazine rings is 1. The first kappa shape index (κ1) is 21.6. The summed E-state index contributed by atoms with van der Waals surface area (Å²) in [6, 6.07) is 9.88. The molecule has 0 spiro atoms. The van der Waals surface area contributed by atoms with E-state index >= 15 is 0 Å². The molecule has 8 nitrogen and oxygen atoms in total. The van der Waals surface area contributed by atoms with Gasteiger partial charge >= 0.3 is 0 Å². The molecule has 0 radical (unpaired) electrons. The Balaban J connectivity index is 1.15. The van der Waals surface area contributed by atoms with Crippen molar-refractivity contribution in [3.8, 4) is 0 Å². The molecular formula is C24H29FN6O2. The second-order valence-corrected chi connectivity index (χ2v) is 8.99. The third-order valence-corrected chi connectivity index (χ3v) is 6.84. The molecule has 5 rings (SSSR count). The zero-order valence-electron chi connectivity index (χ0n) is 18.7. The van der Waals surface area contributed by atoms with E-state index < -0.39 is 0 Å². The van der Waals surface area contributed by atoms with E-state index in [9.17, 15) is 14.0 Å². The normalized spacial score (nSPS) is 21.6. The highest BCUT2D eigenvalue weighted by Crippen LogP contribution is 2.27. The summed E-state index contributed by atoms with van der Waals surface area (Å²) < 4.78 is 13.2. The minimum absolute atomic E-state index is 0.0131. The van der Waals surface area contributed by atoms with E-state index in [2.05, 4.69) is 20.0 Å². The highest BCUT2D eigenvalue weighted by molar-refractivity contribution is 6.00. The molecule has 174 valence electrons. The van der Waals surface area contributed by atoms with E-state index in [1.54, 1.807) is 17.0 Å². The average Bonchev–Trinajstić information content (AvgIpc) is 3.26. The van der Waals surface area contributed by atoms with Crippen LogP contribution in [0.25, 0.3) is 0 Å². The average molecular weight is 453 g/mol. The highest BCUT2D eigenvalue weighted by Gasteiger charge is 2.38. The van der Waals surface area contributed by atoms with Gasteiger partial charge in [0.1, 0.15) is 5.82 Å². The molecule has 1 atom stereocenters. The molecular weight excluding hydrogens is 423 g/mol. The Hall–Kier alpha value is -3.23. The van der Waals surface area contributed by atoms with Gasteiger partial charge in [0.2, 0.25) is 11.8 Å². The van der Waals surface area contributed by atoms with Gasteiger partial charge in [-0.2, -0.15) is 0 Å². The minimum Gasteiger partial charge on any atom is -0.355 e.